The molecule has 0 radical (unpaired) electrons. The lowest BCUT2D eigenvalue weighted by molar-refractivity contribution is -0.153. The Bertz CT molecular complexity index is 1080. The molecule has 0 aliphatic carbocycles. The SMILES string of the molecule is C[C@@]1(C(=O)NCc2ccc(Cl)cc2)CN(S(C)(=O)=O)CC(=O)N1Cc1ccc(F)cc1. The summed E-state index contributed by atoms with van der Waals surface area (Å²) < 4.78 is 38.5. The number of halogens is 2. The molecule has 166 valence electrons. The summed E-state index contributed by atoms with van der Waals surface area (Å²) in [4.78, 5) is 27.5. The van der Waals surface area contributed by atoms with Gasteiger partial charge < -0.3 is 10.2 Å². The van der Waals surface area contributed by atoms with Crippen molar-refractivity contribution in [3.63, 3.8) is 0 Å². The van der Waals surface area contributed by atoms with Crippen LogP contribution in [-0.4, -0.2) is 54.3 Å². The molecule has 1 N–H and O–H groups in total. The summed E-state index contributed by atoms with van der Waals surface area (Å²) >= 11 is 5.88. The van der Waals surface area contributed by atoms with E-state index in [-0.39, 0.29) is 26.2 Å². The second-order valence-corrected chi connectivity index (χ2v) is 10.1. The Morgan fingerprint density at radius 1 is 1.13 bits per heavy atom. The Morgan fingerprint density at radius 3 is 2.29 bits per heavy atom. The van der Waals surface area contributed by atoms with E-state index in [0.717, 1.165) is 16.1 Å². The lowest BCUT2D eigenvalue weighted by atomic mass is 9.94. The number of sulfonamides is 1. The fourth-order valence-electron chi connectivity index (χ4n) is 3.44. The van der Waals surface area contributed by atoms with E-state index in [1.165, 1.54) is 36.1 Å². The van der Waals surface area contributed by atoms with Gasteiger partial charge in [0.05, 0.1) is 12.8 Å². The average Bonchev–Trinajstić information content (AvgIpc) is 2.70. The summed E-state index contributed by atoms with van der Waals surface area (Å²) in [7, 11) is -3.70. The highest BCUT2D eigenvalue weighted by Crippen LogP contribution is 2.27. The van der Waals surface area contributed by atoms with Crippen LogP contribution in [0.1, 0.15) is 18.1 Å². The number of carbonyl (C=O) groups excluding carboxylic acids is 2. The summed E-state index contributed by atoms with van der Waals surface area (Å²) in [6.45, 7) is 1.21. The molecule has 31 heavy (non-hydrogen) atoms. The molecular formula is C21H23ClFN3O4S. The van der Waals surface area contributed by atoms with Crippen molar-refractivity contribution in [1.29, 1.82) is 0 Å². The van der Waals surface area contributed by atoms with Gasteiger partial charge >= 0.3 is 0 Å². The van der Waals surface area contributed by atoms with E-state index in [2.05, 4.69) is 5.32 Å². The number of carbonyl (C=O) groups is 2. The molecule has 2 aromatic carbocycles. The zero-order valence-corrected chi connectivity index (χ0v) is 18.7. The molecule has 10 heteroatoms. The lowest BCUT2D eigenvalue weighted by Crippen LogP contribution is -2.69. The van der Waals surface area contributed by atoms with E-state index < -0.39 is 33.2 Å². The molecule has 1 aliphatic heterocycles. The van der Waals surface area contributed by atoms with Gasteiger partial charge in [-0.2, -0.15) is 4.31 Å². The number of hydrogen-bond acceptors (Lipinski definition) is 4. The molecule has 1 aliphatic rings. The summed E-state index contributed by atoms with van der Waals surface area (Å²) in [6, 6.07) is 12.5. The molecule has 0 unspecified atom stereocenters. The van der Waals surface area contributed by atoms with Gasteiger partial charge in [0, 0.05) is 24.7 Å². The van der Waals surface area contributed by atoms with E-state index in [0.29, 0.717) is 10.6 Å². The van der Waals surface area contributed by atoms with Crippen molar-refractivity contribution >= 4 is 33.4 Å². The first-order valence-corrected chi connectivity index (χ1v) is 11.7. The molecule has 1 heterocycles. The Kier molecular flexibility index (Phi) is 6.68. The third-order valence-electron chi connectivity index (χ3n) is 5.27. The summed E-state index contributed by atoms with van der Waals surface area (Å²) in [6.07, 6.45) is 1.00. The maximum atomic E-state index is 13.3. The predicted molar refractivity (Wildman–Crippen MR) is 115 cm³/mol. The quantitative estimate of drug-likeness (QED) is 0.705. The van der Waals surface area contributed by atoms with Gasteiger partial charge in [0.15, 0.2) is 0 Å². The lowest BCUT2D eigenvalue weighted by Gasteiger charge is -2.46. The van der Waals surface area contributed by atoms with Gasteiger partial charge in [0.2, 0.25) is 21.8 Å². The van der Waals surface area contributed by atoms with Crippen LogP contribution in [0.25, 0.3) is 0 Å². The highest BCUT2D eigenvalue weighted by atomic mass is 35.5. The van der Waals surface area contributed by atoms with Crippen LogP contribution < -0.4 is 5.32 Å². The van der Waals surface area contributed by atoms with Crippen LogP contribution in [0.15, 0.2) is 48.5 Å². The number of amides is 2. The normalized spacial score (nSPS) is 20.0. The molecule has 0 bridgehead atoms. The highest BCUT2D eigenvalue weighted by Gasteiger charge is 2.49. The smallest absolute Gasteiger partial charge is 0.247 e. The molecule has 0 spiro atoms. The molecule has 1 saturated heterocycles. The fourth-order valence-corrected chi connectivity index (χ4v) is 4.39. The maximum absolute atomic E-state index is 13.3. The number of rotatable bonds is 6. The zero-order chi connectivity index (χ0) is 22.8. The van der Waals surface area contributed by atoms with Crippen molar-refractivity contribution in [1.82, 2.24) is 14.5 Å². The van der Waals surface area contributed by atoms with Crippen LogP contribution in [0.4, 0.5) is 4.39 Å². The van der Waals surface area contributed by atoms with Crippen LogP contribution in [0, 0.1) is 5.82 Å². The van der Waals surface area contributed by atoms with Gasteiger partial charge in [-0.3, -0.25) is 9.59 Å². The first-order chi connectivity index (χ1) is 14.5. The molecular weight excluding hydrogens is 445 g/mol. The Hall–Kier alpha value is -2.49. The standard InChI is InChI=1S/C21H23ClFN3O4S/c1-21(20(28)24-11-15-3-7-17(22)8-4-15)14-25(31(2,29)30)13-19(27)26(21)12-16-5-9-18(23)10-6-16/h3-10H,11-14H2,1-2H3,(H,24,28)/t21-/m0/s1. The number of benzene rings is 2. The minimum Gasteiger partial charge on any atom is -0.350 e. The Labute approximate surface area is 185 Å². The van der Waals surface area contributed by atoms with Crippen LogP contribution in [0.5, 0.6) is 0 Å². The Morgan fingerprint density at radius 2 is 1.71 bits per heavy atom. The topological polar surface area (TPSA) is 86.8 Å². The zero-order valence-electron chi connectivity index (χ0n) is 17.1. The van der Waals surface area contributed by atoms with E-state index >= 15 is 0 Å². The van der Waals surface area contributed by atoms with Gasteiger partial charge in [-0.1, -0.05) is 35.9 Å². The molecule has 0 saturated carbocycles. The van der Waals surface area contributed by atoms with Crippen molar-refractivity contribution in [2.75, 3.05) is 19.3 Å². The first-order valence-electron chi connectivity index (χ1n) is 9.52. The summed E-state index contributed by atoms with van der Waals surface area (Å²) in [5.74, 6) is -1.42. The predicted octanol–water partition coefficient (Wildman–Crippen LogP) is 2.16. The monoisotopic (exact) mass is 467 g/mol. The van der Waals surface area contributed by atoms with Gasteiger partial charge in [0.1, 0.15) is 11.4 Å². The number of hydrogen-bond donors (Lipinski definition) is 1. The molecule has 7 nitrogen and oxygen atoms in total. The first kappa shape index (κ1) is 23.2. The van der Waals surface area contributed by atoms with Crippen LogP contribution >= 0.6 is 11.6 Å². The van der Waals surface area contributed by atoms with Crippen molar-refractivity contribution in [2.24, 2.45) is 0 Å². The highest BCUT2D eigenvalue weighted by molar-refractivity contribution is 7.88. The maximum Gasteiger partial charge on any atom is 0.247 e. The van der Waals surface area contributed by atoms with Crippen molar-refractivity contribution < 1.29 is 22.4 Å². The molecule has 2 aromatic rings. The number of piperazine rings is 1. The van der Waals surface area contributed by atoms with Crippen LogP contribution in [0.3, 0.4) is 0 Å². The summed E-state index contributed by atoms with van der Waals surface area (Å²) in [5, 5.41) is 3.35. The van der Waals surface area contributed by atoms with E-state index in [1.54, 1.807) is 24.3 Å². The third-order valence-corrected chi connectivity index (χ3v) is 6.72. The number of nitrogens with zero attached hydrogens (tertiary/aromatic N) is 2. The van der Waals surface area contributed by atoms with Crippen LogP contribution in [0.2, 0.25) is 5.02 Å². The second-order valence-electron chi connectivity index (χ2n) is 7.72. The minimum absolute atomic E-state index is 0.0432. The fraction of sp³-hybridized carbons (Fsp3) is 0.333. The van der Waals surface area contributed by atoms with Gasteiger partial charge in [0.25, 0.3) is 0 Å². The minimum atomic E-state index is -3.70. The van der Waals surface area contributed by atoms with Gasteiger partial charge in [-0.15, -0.1) is 0 Å². The van der Waals surface area contributed by atoms with Crippen molar-refractivity contribution in [3.8, 4) is 0 Å². The van der Waals surface area contributed by atoms with Gasteiger partial charge in [-0.05, 0) is 42.3 Å². The largest absolute Gasteiger partial charge is 0.350 e. The van der Waals surface area contributed by atoms with E-state index in [9.17, 15) is 22.4 Å². The van der Waals surface area contributed by atoms with Crippen molar-refractivity contribution in [2.45, 2.75) is 25.6 Å². The van der Waals surface area contributed by atoms with E-state index in [1.807, 2.05) is 0 Å². The molecule has 1 atom stereocenters. The second kappa shape index (κ2) is 8.94. The van der Waals surface area contributed by atoms with Crippen LogP contribution in [-0.2, 0) is 32.7 Å². The van der Waals surface area contributed by atoms with E-state index in [4.69, 9.17) is 11.6 Å². The third kappa shape index (κ3) is 5.41. The number of nitrogens with one attached hydrogen (secondary N) is 1. The molecule has 0 aromatic heterocycles. The molecule has 3 rings (SSSR count). The molecule has 2 amide bonds. The summed E-state index contributed by atoms with van der Waals surface area (Å²) in [5.41, 5.74) is -0.0352. The Balaban J connectivity index is 1.87. The average molecular weight is 468 g/mol. The molecule has 1 fully saturated rings. The van der Waals surface area contributed by atoms with Crippen molar-refractivity contribution in [3.05, 3.63) is 70.5 Å². The van der Waals surface area contributed by atoms with Gasteiger partial charge in [-0.25, -0.2) is 12.8 Å².